The Bertz CT molecular complexity index is 337. The quantitative estimate of drug-likeness (QED) is 0.739. The molecule has 96 valence electrons. The number of hydrogen-bond donors (Lipinski definition) is 1. The normalized spacial score (nSPS) is 10.9. The lowest BCUT2D eigenvalue weighted by molar-refractivity contribution is 0.0549. The van der Waals surface area contributed by atoms with E-state index in [0.29, 0.717) is 13.2 Å². The highest BCUT2D eigenvalue weighted by Gasteiger charge is 2.06. The molecule has 0 aliphatic carbocycles. The van der Waals surface area contributed by atoms with E-state index in [1.165, 1.54) is 11.1 Å². The van der Waals surface area contributed by atoms with Gasteiger partial charge in [0.2, 0.25) is 0 Å². The molecule has 0 aliphatic heterocycles. The summed E-state index contributed by atoms with van der Waals surface area (Å²) < 4.78 is 11.3. The zero-order valence-electron chi connectivity index (χ0n) is 11.2. The van der Waals surface area contributed by atoms with Gasteiger partial charge < -0.3 is 14.8 Å². The molecule has 1 aromatic rings. The molecule has 0 unspecified atom stereocenters. The highest BCUT2D eigenvalue weighted by molar-refractivity contribution is 5.40. The van der Waals surface area contributed by atoms with E-state index in [1.807, 2.05) is 20.9 Å². The second kappa shape index (κ2) is 7.30. The Morgan fingerprint density at radius 3 is 2.65 bits per heavy atom. The summed E-state index contributed by atoms with van der Waals surface area (Å²) in [5.74, 6) is 0.981. The molecule has 1 N–H and O–H groups in total. The minimum absolute atomic E-state index is 0.257. The van der Waals surface area contributed by atoms with Crippen molar-refractivity contribution in [3.8, 4) is 5.75 Å². The number of hydrogen-bond acceptors (Lipinski definition) is 3. The van der Waals surface area contributed by atoms with Gasteiger partial charge in [0.05, 0.1) is 12.7 Å². The number of para-hydroxylation sites is 1. The van der Waals surface area contributed by atoms with Gasteiger partial charge in [0.25, 0.3) is 0 Å². The Labute approximate surface area is 104 Å². The molecule has 1 aromatic carbocycles. The van der Waals surface area contributed by atoms with Crippen molar-refractivity contribution >= 4 is 0 Å². The SMILES string of the molecule is CNCc1cccc(C)c1OCCOC(C)C. The molecular formula is C14H23NO2. The molecule has 3 heteroatoms. The smallest absolute Gasteiger partial charge is 0.126 e. The third-order valence-electron chi connectivity index (χ3n) is 2.44. The Morgan fingerprint density at radius 1 is 1.24 bits per heavy atom. The van der Waals surface area contributed by atoms with Crippen LogP contribution >= 0.6 is 0 Å². The lowest BCUT2D eigenvalue weighted by Crippen LogP contribution is -2.14. The zero-order chi connectivity index (χ0) is 12.7. The highest BCUT2D eigenvalue weighted by Crippen LogP contribution is 2.23. The van der Waals surface area contributed by atoms with Crippen LogP contribution in [-0.2, 0) is 11.3 Å². The Kier molecular flexibility index (Phi) is 6.01. The summed E-state index contributed by atoms with van der Waals surface area (Å²) in [6.45, 7) is 8.17. The summed E-state index contributed by atoms with van der Waals surface area (Å²) in [6.07, 6.45) is 0.257. The van der Waals surface area contributed by atoms with Crippen LogP contribution in [0.3, 0.4) is 0 Å². The van der Waals surface area contributed by atoms with Crippen molar-refractivity contribution in [1.29, 1.82) is 0 Å². The average Bonchev–Trinajstić information content (AvgIpc) is 2.27. The number of aryl methyl sites for hydroxylation is 1. The van der Waals surface area contributed by atoms with Crippen LogP contribution in [-0.4, -0.2) is 26.4 Å². The first kappa shape index (κ1) is 14.0. The highest BCUT2D eigenvalue weighted by atomic mass is 16.5. The first-order valence-electron chi connectivity index (χ1n) is 6.12. The third kappa shape index (κ3) is 4.75. The van der Waals surface area contributed by atoms with Crippen LogP contribution in [0.4, 0.5) is 0 Å². The molecule has 0 radical (unpaired) electrons. The molecule has 0 aliphatic rings. The largest absolute Gasteiger partial charge is 0.491 e. The van der Waals surface area contributed by atoms with Crippen molar-refractivity contribution in [3.05, 3.63) is 29.3 Å². The van der Waals surface area contributed by atoms with Crippen molar-refractivity contribution in [1.82, 2.24) is 5.32 Å². The fourth-order valence-corrected chi connectivity index (χ4v) is 1.68. The van der Waals surface area contributed by atoms with Crippen LogP contribution in [0.1, 0.15) is 25.0 Å². The molecule has 0 atom stereocenters. The molecule has 0 spiro atoms. The van der Waals surface area contributed by atoms with Crippen molar-refractivity contribution in [3.63, 3.8) is 0 Å². The standard InChI is InChI=1S/C14H23NO2/c1-11(2)16-8-9-17-14-12(3)6-5-7-13(14)10-15-4/h5-7,11,15H,8-10H2,1-4H3. The van der Waals surface area contributed by atoms with E-state index < -0.39 is 0 Å². The lowest BCUT2D eigenvalue weighted by atomic mass is 10.1. The van der Waals surface area contributed by atoms with E-state index in [2.05, 4.69) is 30.4 Å². The average molecular weight is 237 g/mol. The summed E-state index contributed by atoms with van der Waals surface area (Å²) in [5.41, 5.74) is 2.36. The molecular weight excluding hydrogens is 214 g/mol. The van der Waals surface area contributed by atoms with Gasteiger partial charge in [0.15, 0.2) is 0 Å². The van der Waals surface area contributed by atoms with Crippen LogP contribution < -0.4 is 10.1 Å². The van der Waals surface area contributed by atoms with Crippen molar-refractivity contribution in [2.24, 2.45) is 0 Å². The van der Waals surface area contributed by atoms with Gasteiger partial charge in [-0.15, -0.1) is 0 Å². The van der Waals surface area contributed by atoms with Gasteiger partial charge in [-0.1, -0.05) is 18.2 Å². The summed E-state index contributed by atoms with van der Waals surface area (Å²) in [6, 6.07) is 6.21. The minimum atomic E-state index is 0.257. The Morgan fingerprint density at radius 2 is 2.00 bits per heavy atom. The number of nitrogens with one attached hydrogen (secondary N) is 1. The monoisotopic (exact) mass is 237 g/mol. The van der Waals surface area contributed by atoms with Gasteiger partial charge in [-0.3, -0.25) is 0 Å². The molecule has 0 heterocycles. The molecule has 0 aromatic heterocycles. The number of ether oxygens (including phenoxy) is 2. The topological polar surface area (TPSA) is 30.5 Å². The van der Waals surface area contributed by atoms with E-state index in [4.69, 9.17) is 9.47 Å². The van der Waals surface area contributed by atoms with Crippen molar-refractivity contribution in [2.75, 3.05) is 20.3 Å². The predicted octanol–water partition coefficient (Wildman–Crippen LogP) is 2.52. The summed E-state index contributed by atoms with van der Waals surface area (Å²) >= 11 is 0. The van der Waals surface area contributed by atoms with Crippen LogP contribution in [0, 0.1) is 6.92 Å². The Balaban J connectivity index is 2.56. The second-order valence-corrected chi connectivity index (χ2v) is 4.36. The van der Waals surface area contributed by atoms with Gasteiger partial charge in [0.1, 0.15) is 12.4 Å². The van der Waals surface area contributed by atoms with E-state index in [9.17, 15) is 0 Å². The molecule has 0 amide bonds. The first-order valence-corrected chi connectivity index (χ1v) is 6.12. The van der Waals surface area contributed by atoms with E-state index in [0.717, 1.165) is 12.3 Å². The molecule has 17 heavy (non-hydrogen) atoms. The second-order valence-electron chi connectivity index (χ2n) is 4.36. The van der Waals surface area contributed by atoms with Gasteiger partial charge in [-0.2, -0.15) is 0 Å². The number of rotatable bonds is 7. The van der Waals surface area contributed by atoms with Gasteiger partial charge in [-0.05, 0) is 33.4 Å². The zero-order valence-corrected chi connectivity index (χ0v) is 11.2. The predicted molar refractivity (Wildman–Crippen MR) is 70.5 cm³/mol. The van der Waals surface area contributed by atoms with Crippen LogP contribution in [0.5, 0.6) is 5.75 Å². The van der Waals surface area contributed by atoms with Crippen LogP contribution in [0.15, 0.2) is 18.2 Å². The molecule has 0 saturated heterocycles. The molecule has 0 bridgehead atoms. The van der Waals surface area contributed by atoms with Gasteiger partial charge in [-0.25, -0.2) is 0 Å². The van der Waals surface area contributed by atoms with Crippen molar-refractivity contribution < 1.29 is 9.47 Å². The fraction of sp³-hybridized carbons (Fsp3) is 0.571. The fourth-order valence-electron chi connectivity index (χ4n) is 1.68. The molecule has 3 nitrogen and oxygen atoms in total. The first-order chi connectivity index (χ1) is 8.15. The molecule has 1 rings (SSSR count). The summed E-state index contributed by atoms with van der Waals surface area (Å²) in [5, 5.41) is 3.15. The summed E-state index contributed by atoms with van der Waals surface area (Å²) in [4.78, 5) is 0. The summed E-state index contributed by atoms with van der Waals surface area (Å²) in [7, 11) is 1.94. The van der Waals surface area contributed by atoms with Gasteiger partial charge in [0, 0.05) is 12.1 Å². The Hall–Kier alpha value is -1.06. The molecule has 0 fully saturated rings. The van der Waals surface area contributed by atoms with Crippen LogP contribution in [0.2, 0.25) is 0 Å². The minimum Gasteiger partial charge on any atom is -0.491 e. The lowest BCUT2D eigenvalue weighted by Gasteiger charge is -2.14. The number of benzene rings is 1. The maximum atomic E-state index is 5.81. The maximum absolute atomic E-state index is 5.81. The van der Waals surface area contributed by atoms with E-state index in [1.54, 1.807) is 0 Å². The third-order valence-corrected chi connectivity index (χ3v) is 2.44. The molecule has 0 saturated carbocycles. The van der Waals surface area contributed by atoms with E-state index in [-0.39, 0.29) is 6.10 Å². The van der Waals surface area contributed by atoms with Gasteiger partial charge >= 0.3 is 0 Å². The maximum Gasteiger partial charge on any atom is 0.126 e. The van der Waals surface area contributed by atoms with Crippen LogP contribution in [0.25, 0.3) is 0 Å². The van der Waals surface area contributed by atoms with E-state index >= 15 is 0 Å². The van der Waals surface area contributed by atoms with Crippen molar-refractivity contribution in [2.45, 2.75) is 33.4 Å².